The second-order valence-electron chi connectivity index (χ2n) is 4.81. The molecule has 1 aliphatic heterocycles. The number of hydrogen-bond acceptors (Lipinski definition) is 3. The lowest BCUT2D eigenvalue weighted by molar-refractivity contribution is -0.182. The predicted octanol–water partition coefficient (Wildman–Crippen LogP) is 1.10. The molecule has 0 bridgehead atoms. The smallest absolute Gasteiger partial charge is 0.311 e. The van der Waals surface area contributed by atoms with Gasteiger partial charge in [0.2, 0.25) is 5.91 Å². The molecule has 1 N–H and O–H groups in total. The Morgan fingerprint density at radius 1 is 1.42 bits per heavy atom. The Morgan fingerprint density at radius 3 is 2.63 bits per heavy atom. The second-order valence-corrected chi connectivity index (χ2v) is 4.81. The molecule has 0 spiro atoms. The van der Waals surface area contributed by atoms with Gasteiger partial charge in [-0.15, -0.1) is 0 Å². The maximum atomic E-state index is 12.9. The SMILES string of the molecule is CN1C[C@@H](C(F)(F)F)[C@H](C(=O)Nc2ccnn2C)C1. The zero-order chi connectivity index (χ0) is 14.2. The lowest BCUT2D eigenvalue weighted by Gasteiger charge is -2.20. The average Bonchev–Trinajstić information content (AvgIpc) is 2.85. The summed E-state index contributed by atoms with van der Waals surface area (Å²) in [5.74, 6) is -2.93. The summed E-state index contributed by atoms with van der Waals surface area (Å²) in [7, 11) is 3.19. The molecule has 1 aromatic rings. The van der Waals surface area contributed by atoms with Gasteiger partial charge in [-0.05, 0) is 7.05 Å². The van der Waals surface area contributed by atoms with Crippen LogP contribution in [0.3, 0.4) is 0 Å². The number of halogens is 3. The topological polar surface area (TPSA) is 50.2 Å². The number of likely N-dealkylation sites (tertiary alicyclic amines) is 1. The number of alkyl halides is 3. The van der Waals surface area contributed by atoms with Crippen LogP contribution in [0.4, 0.5) is 19.0 Å². The van der Waals surface area contributed by atoms with Crippen LogP contribution in [0.25, 0.3) is 0 Å². The third-order valence-corrected chi connectivity index (χ3v) is 3.33. The number of carbonyl (C=O) groups is 1. The molecule has 2 rings (SSSR count). The largest absolute Gasteiger partial charge is 0.393 e. The molecule has 8 heteroatoms. The maximum Gasteiger partial charge on any atom is 0.393 e. The number of hydrogen-bond donors (Lipinski definition) is 1. The van der Waals surface area contributed by atoms with Gasteiger partial charge >= 0.3 is 6.18 Å². The van der Waals surface area contributed by atoms with Crippen LogP contribution < -0.4 is 5.32 Å². The summed E-state index contributed by atoms with van der Waals surface area (Å²) in [6.45, 7) is -0.0408. The molecule has 2 heterocycles. The summed E-state index contributed by atoms with van der Waals surface area (Å²) in [6.07, 6.45) is -2.89. The quantitative estimate of drug-likeness (QED) is 0.880. The lowest BCUT2D eigenvalue weighted by atomic mass is 9.94. The summed E-state index contributed by atoms with van der Waals surface area (Å²) in [5, 5.41) is 6.34. The number of amides is 1. The third-order valence-electron chi connectivity index (χ3n) is 3.33. The second kappa shape index (κ2) is 4.84. The zero-order valence-electron chi connectivity index (χ0n) is 10.6. The molecule has 0 radical (unpaired) electrons. The normalized spacial score (nSPS) is 24.7. The fourth-order valence-electron chi connectivity index (χ4n) is 2.31. The van der Waals surface area contributed by atoms with Crippen molar-refractivity contribution in [3.8, 4) is 0 Å². The van der Waals surface area contributed by atoms with Gasteiger partial charge in [-0.1, -0.05) is 0 Å². The van der Waals surface area contributed by atoms with Crippen molar-refractivity contribution in [1.82, 2.24) is 14.7 Å². The summed E-state index contributed by atoms with van der Waals surface area (Å²) < 4.78 is 40.0. The molecule has 2 atom stereocenters. The number of carbonyl (C=O) groups excluding carboxylic acids is 1. The van der Waals surface area contributed by atoms with E-state index in [9.17, 15) is 18.0 Å². The van der Waals surface area contributed by atoms with Gasteiger partial charge in [-0.2, -0.15) is 18.3 Å². The highest BCUT2D eigenvalue weighted by Gasteiger charge is 2.51. The molecule has 1 aromatic heterocycles. The molecule has 0 saturated carbocycles. The zero-order valence-corrected chi connectivity index (χ0v) is 10.6. The van der Waals surface area contributed by atoms with E-state index in [2.05, 4.69) is 10.4 Å². The van der Waals surface area contributed by atoms with E-state index < -0.39 is 23.9 Å². The van der Waals surface area contributed by atoms with Crippen LogP contribution >= 0.6 is 0 Å². The molecule has 1 aliphatic rings. The van der Waals surface area contributed by atoms with Gasteiger partial charge in [0.25, 0.3) is 0 Å². The minimum atomic E-state index is -4.36. The molecule has 1 saturated heterocycles. The van der Waals surface area contributed by atoms with E-state index in [1.54, 1.807) is 20.2 Å². The van der Waals surface area contributed by atoms with Crippen LogP contribution in [0.5, 0.6) is 0 Å². The number of anilines is 1. The fraction of sp³-hybridized carbons (Fsp3) is 0.636. The Morgan fingerprint density at radius 2 is 2.11 bits per heavy atom. The van der Waals surface area contributed by atoms with Crippen molar-refractivity contribution in [1.29, 1.82) is 0 Å². The lowest BCUT2D eigenvalue weighted by Crippen LogP contribution is -2.37. The Kier molecular flexibility index (Phi) is 3.53. The number of rotatable bonds is 2. The molecule has 0 aromatic carbocycles. The van der Waals surface area contributed by atoms with Gasteiger partial charge in [-0.25, -0.2) is 0 Å². The summed E-state index contributed by atoms with van der Waals surface area (Å²) in [5.41, 5.74) is 0. The van der Waals surface area contributed by atoms with Crippen molar-refractivity contribution >= 4 is 11.7 Å². The van der Waals surface area contributed by atoms with Crippen LogP contribution in [-0.4, -0.2) is 46.9 Å². The molecular formula is C11H15F3N4O. The first kappa shape index (κ1) is 13.9. The predicted molar refractivity (Wildman–Crippen MR) is 62.4 cm³/mol. The first-order valence-corrected chi connectivity index (χ1v) is 5.83. The van der Waals surface area contributed by atoms with Crippen LogP contribution in [0.2, 0.25) is 0 Å². The first-order valence-electron chi connectivity index (χ1n) is 5.83. The Bertz CT molecular complexity index is 471. The third kappa shape index (κ3) is 2.89. The fourth-order valence-corrected chi connectivity index (χ4v) is 2.31. The minimum absolute atomic E-state index is 0.105. The number of aromatic nitrogens is 2. The van der Waals surface area contributed by atoms with Crippen molar-refractivity contribution in [3.63, 3.8) is 0 Å². The molecule has 0 unspecified atom stereocenters. The highest BCUT2D eigenvalue weighted by Crippen LogP contribution is 2.37. The van der Waals surface area contributed by atoms with Crippen molar-refractivity contribution in [3.05, 3.63) is 12.3 Å². The maximum absolute atomic E-state index is 12.9. The van der Waals surface area contributed by atoms with Crippen LogP contribution in [0.15, 0.2) is 12.3 Å². The highest BCUT2D eigenvalue weighted by atomic mass is 19.4. The summed E-state index contributed by atoms with van der Waals surface area (Å²) >= 11 is 0. The van der Waals surface area contributed by atoms with Crippen LogP contribution in [0, 0.1) is 11.8 Å². The average molecular weight is 276 g/mol. The molecule has 106 valence electrons. The standard InChI is InChI=1S/C11H15F3N4O/c1-17-5-7(8(6-17)11(12,13)14)10(19)16-9-3-4-15-18(9)2/h3-4,7-8H,5-6H2,1-2H3,(H,16,19)/t7-,8-/m1/s1. The monoisotopic (exact) mass is 276 g/mol. The van der Waals surface area contributed by atoms with Gasteiger partial charge in [0.1, 0.15) is 5.82 Å². The van der Waals surface area contributed by atoms with E-state index in [1.807, 2.05) is 0 Å². The molecule has 5 nitrogen and oxygen atoms in total. The van der Waals surface area contributed by atoms with Crippen molar-refractivity contribution in [2.45, 2.75) is 6.18 Å². The van der Waals surface area contributed by atoms with E-state index in [-0.39, 0.29) is 13.1 Å². The molecule has 19 heavy (non-hydrogen) atoms. The Balaban J connectivity index is 2.11. The number of nitrogens with one attached hydrogen (secondary N) is 1. The van der Waals surface area contributed by atoms with Crippen LogP contribution in [0.1, 0.15) is 0 Å². The minimum Gasteiger partial charge on any atom is -0.311 e. The van der Waals surface area contributed by atoms with Crippen molar-refractivity contribution < 1.29 is 18.0 Å². The van der Waals surface area contributed by atoms with E-state index in [4.69, 9.17) is 0 Å². The summed E-state index contributed by atoms with van der Waals surface area (Å²) in [4.78, 5) is 13.5. The Hall–Kier alpha value is -1.57. The van der Waals surface area contributed by atoms with E-state index in [0.29, 0.717) is 5.82 Å². The van der Waals surface area contributed by atoms with Gasteiger partial charge in [-0.3, -0.25) is 9.48 Å². The number of aryl methyl sites for hydroxylation is 1. The van der Waals surface area contributed by atoms with E-state index in [0.717, 1.165) is 0 Å². The molecular weight excluding hydrogens is 261 g/mol. The van der Waals surface area contributed by atoms with Gasteiger partial charge in [0.05, 0.1) is 18.0 Å². The number of nitrogens with zero attached hydrogens (tertiary/aromatic N) is 3. The van der Waals surface area contributed by atoms with Crippen molar-refractivity contribution in [2.75, 3.05) is 25.5 Å². The molecule has 1 amide bonds. The highest BCUT2D eigenvalue weighted by molar-refractivity contribution is 5.92. The van der Waals surface area contributed by atoms with E-state index in [1.165, 1.54) is 15.8 Å². The summed E-state index contributed by atoms with van der Waals surface area (Å²) in [6, 6.07) is 1.54. The van der Waals surface area contributed by atoms with Gasteiger partial charge < -0.3 is 10.2 Å². The van der Waals surface area contributed by atoms with Crippen LogP contribution in [-0.2, 0) is 11.8 Å². The molecule has 1 fully saturated rings. The first-order chi connectivity index (χ1) is 8.79. The molecule has 0 aliphatic carbocycles. The van der Waals surface area contributed by atoms with Gasteiger partial charge in [0.15, 0.2) is 0 Å². The van der Waals surface area contributed by atoms with Gasteiger partial charge in [0, 0.05) is 26.2 Å². The van der Waals surface area contributed by atoms with Crippen molar-refractivity contribution in [2.24, 2.45) is 18.9 Å². The van der Waals surface area contributed by atoms with E-state index >= 15 is 0 Å². The Labute approximate surface area is 108 Å².